The molecule has 11 heteroatoms. The van der Waals surface area contributed by atoms with E-state index in [4.69, 9.17) is 4.84 Å². The number of fused-ring (bicyclic) bond motifs is 6. The summed E-state index contributed by atoms with van der Waals surface area (Å²) in [5.41, 5.74) is 3.87. The molecule has 2 N–H and O–H groups in total. The molecule has 0 saturated heterocycles. The molecule has 4 aromatic heterocycles. The summed E-state index contributed by atoms with van der Waals surface area (Å²) in [6.07, 6.45) is 5.51. The van der Waals surface area contributed by atoms with E-state index in [1.54, 1.807) is 29.3 Å². The van der Waals surface area contributed by atoms with Gasteiger partial charge in [0.25, 0.3) is 5.88 Å². The minimum absolute atomic E-state index is 0.219. The summed E-state index contributed by atoms with van der Waals surface area (Å²) in [6, 6.07) is 14.5. The van der Waals surface area contributed by atoms with Gasteiger partial charge >= 0.3 is 6.03 Å². The normalized spacial score (nSPS) is 15.6. The van der Waals surface area contributed by atoms with Crippen molar-refractivity contribution < 1.29 is 9.63 Å². The summed E-state index contributed by atoms with van der Waals surface area (Å²) in [4.78, 5) is 28.9. The Bertz CT molecular complexity index is 1510. The van der Waals surface area contributed by atoms with E-state index in [0.29, 0.717) is 23.4 Å². The summed E-state index contributed by atoms with van der Waals surface area (Å²) in [5.74, 6) is 0.537. The second kappa shape index (κ2) is 7.96. The largest absolute Gasteiger partial charge is 0.334 e. The Morgan fingerprint density at radius 3 is 2.88 bits per heavy atom. The third kappa shape index (κ3) is 3.68. The Labute approximate surface area is 193 Å². The number of amides is 2. The number of carbonyl (C=O) groups excluding carboxylic acids is 1. The zero-order valence-corrected chi connectivity index (χ0v) is 18.1. The maximum absolute atomic E-state index is 12.9. The van der Waals surface area contributed by atoms with Gasteiger partial charge in [-0.1, -0.05) is 35.2 Å². The van der Waals surface area contributed by atoms with Crippen LogP contribution in [0.15, 0.2) is 67.1 Å². The first-order valence-electron chi connectivity index (χ1n) is 10.7. The second-order valence-electron chi connectivity index (χ2n) is 7.93. The lowest BCUT2D eigenvalue weighted by Crippen LogP contribution is -2.34. The summed E-state index contributed by atoms with van der Waals surface area (Å²) in [7, 11) is 0. The lowest BCUT2D eigenvalue weighted by Gasteiger charge is -2.19. The van der Waals surface area contributed by atoms with Crippen molar-refractivity contribution in [2.24, 2.45) is 0 Å². The molecule has 0 fully saturated rings. The number of hydrogen-bond acceptors (Lipinski definition) is 7. The molecule has 1 unspecified atom stereocenters. The van der Waals surface area contributed by atoms with Crippen LogP contribution in [0.3, 0.4) is 0 Å². The molecule has 168 valence electrons. The number of aromatic nitrogens is 7. The van der Waals surface area contributed by atoms with Crippen molar-refractivity contribution >= 4 is 22.8 Å². The maximum atomic E-state index is 12.9. The van der Waals surface area contributed by atoms with Crippen molar-refractivity contribution in [2.75, 3.05) is 5.32 Å². The van der Waals surface area contributed by atoms with Gasteiger partial charge in [0.1, 0.15) is 11.3 Å². The fourth-order valence-corrected chi connectivity index (χ4v) is 3.97. The van der Waals surface area contributed by atoms with E-state index in [2.05, 4.69) is 36.0 Å². The first kappa shape index (κ1) is 19.9. The number of carbonyl (C=O) groups is 1. The van der Waals surface area contributed by atoms with Gasteiger partial charge in [0.05, 0.1) is 29.8 Å². The molecule has 5 heterocycles. The van der Waals surface area contributed by atoms with E-state index in [-0.39, 0.29) is 11.9 Å². The molecule has 0 spiro atoms. The van der Waals surface area contributed by atoms with Crippen LogP contribution in [0.25, 0.3) is 16.6 Å². The third-order valence-electron chi connectivity index (χ3n) is 5.50. The van der Waals surface area contributed by atoms with Gasteiger partial charge in [-0.05, 0) is 35.9 Å². The molecule has 6 rings (SSSR count). The molecule has 11 nitrogen and oxygen atoms in total. The SMILES string of the molecule is Cc1cc(-n2ncc3cc4nc(c32)On2cc(nn2)CC(c2ccccc2)NC(=O)N4)ccn1. The minimum Gasteiger partial charge on any atom is -0.334 e. The molecule has 0 radical (unpaired) electrons. The smallest absolute Gasteiger partial charge is 0.320 e. The minimum atomic E-state index is -0.392. The Hall–Kier alpha value is -4.80. The number of urea groups is 1. The molecule has 1 atom stereocenters. The van der Waals surface area contributed by atoms with Gasteiger partial charge in [-0.3, -0.25) is 10.3 Å². The molecule has 4 bridgehead atoms. The highest BCUT2D eigenvalue weighted by Crippen LogP contribution is 2.30. The van der Waals surface area contributed by atoms with Crippen LogP contribution in [0.5, 0.6) is 5.88 Å². The average Bonchev–Trinajstić information content (AvgIpc) is 3.45. The number of nitrogens with one attached hydrogen (secondary N) is 2. The van der Waals surface area contributed by atoms with Crippen molar-refractivity contribution in [3.63, 3.8) is 0 Å². The van der Waals surface area contributed by atoms with Gasteiger partial charge in [-0.2, -0.15) is 10.1 Å². The highest BCUT2D eigenvalue weighted by molar-refractivity contribution is 5.93. The molecule has 34 heavy (non-hydrogen) atoms. The number of benzene rings is 1. The summed E-state index contributed by atoms with van der Waals surface area (Å²) in [6.45, 7) is 1.91. The maximum Gasteiger partial charge on any atom is 0.320 e. The van der Waals surface area contributed by atoms with E-state index < -0.39 is 6.03 Å². The predicted octanol–water partition coefficient (Wildman–Crippen LogP) is 2.98. The molecule has 1 aromatic carbocycles. The summed E-state index contributed by atoms with van der Waals surface area (Å²) < 4.78 is 1.71. The van der Waals surface area contributed by atoms with Crippen LogP contribution in [-0.4, -0.2) is 40.9 Å². The monoisotopic (exact) mass is 453 g/mol. The van der Waals surface area contributed by atoms with Crippen molar-refractivity contribution in [3.05, 3.63) is 84.1 Å². The van der Waals surface area contributed by atoms with Crippen molar-refractivity contribution in [1.82, 2.24) is 40.2 Å². The molecule has 5 aromatic rings. The van der Waals surface area contributed by atoms with Gasteiger partial charge in [-0.25, -0.2) is 9.48 Å². The number of hydrogen-bond donors (Lipinski definition) is 2. The lowest BCUT2D eigenvalue weighted by molar-refractivity contribution is 0.167. The Balaban J connectivity index is 1.45. The second-order valence-corrected chi connectivity index (χ2v) is 7.93. The van der Waals surface area contributed by atoms with Gasteiger partial charge in [0, 0.05) is 23.7 Å². The molecule has 0 aliphatic carbocycles. The van der Waals surface area contributed by atoms with Crippen molar-refractivity contribution in [2.45, 2.75) is 19.4 Å². The predicted molar refractivity (Wildman–Crippen MR) is 122 cm³/mol. The zero-order chi connectivity index (χ0) is 23.1. The van der Waals surface area contributed by atoms with Crippen molar-refractivity contribution in [1.29, 1.82) is 0 Å². The molecule has 1 aliphatic heterocycles. The first-order chi connectivity index (χ1) is 16.6. The van der Waals surface area contributed by atoms with E-state index in [1.807, 2.05) is 49.4 Å². The Morgan fingerprint density at radius 1 is 1.15 bits per heavy atom. The number of pyridine rings is 2. The fourth-order valence-electron chi connectivity index (χ4n) is 3.97. The quantitative estimate of drug-likeness (QED) is 0.421. The van der Waals surface area contributed by atoms with Crippen LogP contribution in [0.4, 0.5) is 10.6 Å². The van der Waals surface area contributed by atoms with E-state index in [1.165, 1.54) is 4.85 Å². The van der Waals surface area contributed by atoms with Crippen LogP contribution in [0.1, 0.15) is 23.0 Å². The highest BCUT2D eigenvalue weighted by atomic mass is 16.7. The van der Waals surface area contributed by atoms with Gasteiger partial charge in [0.15, 0.2) is 0 Å². The number of rotatable bonds is 2. The van der Waals surface area contributed by atoms with Crippen molar-refractivity contribution in [3.8, 4) is 11.6 Å². The average molecular weight is 453 g/mol. The Morgan fingerprint density at radius 2 is 2.03 bits per heavy atom. The topological polar surface area (TPSA) is 125 Å². The number of nitrogens with zero attached hydrogens (tertiary/aromatic N) is 7. The van der Waals surface area contributed by atoms with Crippen LogP contribution in [0.2, 0.25) is 0 Å². The first-order valence-corrected chi connectivity index (χ1v) is 10.7. The number of aryl methyl sites for hydroxylation is 1. The lowest BCUT2D eigenvalue weighted by atomic mass is 10.0. The zero-order valence-electron chi connectivity index (χ0n) is 18.1. The van der Waals surface area contributed by atoms with Gasteiger partial charge < -0.3 is 10.2 Å². The standard InChI is InChI=1S/C23H19N9O2/c1-14-9-18(7-8-24-14)32-21-16(12-25-32)10-20-27-22(21)34-31-13-17(29-30-31)11-19(26-23(33)28-20)15-5-3-2-4-6-15/h2-10,12-13,19H,11H2,1H3,(H2,26,27,28,33). The molecular formula is C23H19N9O2. The van der Waals surface area contributed by atoms with E-state index in [0.717, 1.165) is 22.3 Å². The van der Waals surface area contributed by atoms with Gasteiger partial charge in [-0.15, -0.1) is 5.10 Å². The van der Waals surface area contributed by atoms with Gasteiger partial charge in [0.2, 0.25) is 0 Å². The van der Waals surface area contributed by atoms with Crippen LogP contribution in [-0.2, 0) is 6.42 Å². The van der Waals surface area contributed by atoms with E-state index in [9.17, 15) is 4.79 Å². The molecule has 0 saturated carbocycles. The summed E-state index contributed by atoms with van der Waals surface area (Å²) >= 11 is 0. The molecule has 2 amide bonds. The highest BCUT2D eigenvalue weighted by Gasteiger charge is 2.22. The van der Waals surface area contributed by atoms with Crippen LogP contribution < -0.4 is 15.5 Å². The Kier molecular flexibility index (Phi) is 4.65. The summed E-state index contributed by atoms with van der Waals surface area (Å²) in [5, 5.41) is 19.4. The molecule has 1 aliphatic rings. The van der Waals surface area contributed by atoms with E-state index >= 15 is 0 Å². The molecular weight excluding hydrogens is 434 g/mol. The number of anilines is 1. The fraction of sp³-hybridized carbons (Fsp3) is 0.130. The van der Waals surface area contributed by atoms with Crippen LogP contribution in [0, 0.1) is 6.92 Å². The van der Waals surface area contributed by atoms with Crippen LogP contribution >= 0.6 is 0 Å². The third-order valence-corrected chi connectivity index (χ3v) is 5.50.